The summed E-state index contributed by atoms with van der Waals surface area (Å²) < 4.78 is 5.07. The first-order valence-corrected chi connectivity index (χ1v) is 10.3. The number of hydrogen-bond donors (Lipinski definition) is 3. The minimum atomic E-state index is -0.657. The van der Waals surface area contributed by atoms with Crippen LogP contribution >= 0.6 is 0 Å². The van der Waals surface area contributed by atoms with Gasteiger partial charge >= 0.3 is 5.97 Å². The van der Waals surface area contributed by atoms with Crippen LogP contribution in [-0.2, 0) is 14.3 Å². The standard InChI is InChI=1S/C23H23N3O5/c27-20(26-19-4-2-1-3-18(19)22(29)25-17-11-12-17)13-31-23(30)15-7-9-16(10-8-15)24-21(28)14-5-6-14/h1-4,7-10,14,17H,5-6,11-13H2,(H,24,28)(H,25,29)(H,26,27). The van der Waals surface area contributed by atoms with E-state index in [2.05, 4.69) is 16.0 Å². The molecule has 0 aliphatic heterocycles. The lowest BCUT2D eigenvalue weighted by atomic mass is 10.1. The van der Waals surface area contributed by atoms with Gasteiger partial charge in [0.1, 0.15) is 0 Å². The maximum Gasteiger partial charge on any atom is 0.338 e. The Morgan fingerprint density at radius 3 is 2.26 bits per heavy atom. The van der Waals surface area contributed by atoms with Crippen LogP contribution in [0, 0.1) is 5.92 Å². The molecule has 0 saturated heterocycles. The number of nitrogens with one attached hydrogen (secondary N) is 3. The third-order valence-electron chi connectivity index (χ3n) is 5.03. The van der Waals surface area contributed by atoms with Crippen molar-refractivity contribution in [3.05, 3.63) is 59.7 Å². The molecule has 31 heavy (non-hydrogen) atoms. The largest absolute Gasteiger partial charge is 0.452 e. The van der Waals surface area contributed by atoms with Crippen molar-refractivity contribution in [1.82, 2.24) is 5.32 Å². The van der Waals surface area contributed by atoms with Crippen molar-refractivity contribution in [2.24, 2.45) is 5.92 Å². The van der Waals surface area contributed by atoms with Crippen LogP contribution in [0.25, 0.3) is 0 Å². The molecule has 2 saturated carbocycles. The van der Waals surface area contributed by atoms with Crippen LogP contribution in [0.4, 0.5) is 11.4 Å². The number of para-hydroxylation sites is 1. The van der Waals surface area contributed by atoms with Gasteiger partial charge in [-0.25, -0.2) is 4.79 Å². The molecule has 2 fully saturated rings. The van der Waals surface area contributed by atoms with Gasteiger partial charge in [0.05, 0.1) is 16.8 Å². The van der Waals surface area contributed by atoms with E-state index in [0.29, 0.717) is 16.9 Å². The monoisotopic (exact) mass is 421 g/mol. The maximum atomic E-state index is 12.3. The summed E-state index contributed by atoms with van der Waals surface area (Å²) in [5.41, 5.74) is 1.59. The van der Waals surface area contributed by atoms with E-state index in [1.807, 2.05) is 0 Å². The SMILES string of the molecule is O=C(COC(=O)c1ccc(NC(=O)C2CC2)cc1)Nc1ccccc1C(=O)NC1CC1. The van der Waals surface area contributed by atoms with Gasteiger partial charge in [-0.3, -0.25) is 14.4 Å². The van der Waals surface area contributed by atoms with Crippen LogP contribution in [0.2, 0.25) is 0 Å². The Balaban J connectivity index is 1.28. The molecule has 3 N–H and O–H groups in total. The van der Waals surface area contributed by atoms with Crippen molar-refractivity contribution in [2.75, 3.05) is 17.2 Å². The zero-order chi connectivity index (χ0) is 21.8. The van der Waals surface area contributed by atoms with Gasteiger partial charge in [0.15, 0.2) is 6.61 Å². The quantitative estimate of drug-likeness (QED) is 0.567. The van der Waals surface area contributed by atoms with Gasteiger partial charge in [-0.15, -0.1) is 0 Å². The molecular weight excluding hydrogens is 398 g/mol. The van der Waals surface area contributed by atoms with Crippen molar-refractivity contribution < 1.29 is 23.9 Å². The Kier molecular flexibility index (Phi) is 5.97. The molecule has 160 valence electrons. The van der Waals surface area contributed by atoms with Gasteiger partial charge in [0.2, 0.25) is 5.91 Å². The summed E-state index contributed by atoms with van der Waals surface area (Å²) in [6, 6.07) is 13.2. The zero-order valence-corrected chi connectivity index (χ0v) is 16.9. The van der Waals surface area contributed by atoms with E-state index in [-0.39, 0.29) is 29.3 Å². The van der Waals surface area contributed by atoms with Gasteiger partial charge in [-0.1, -0.05) is 12.1 Å². The van der Waals surface area contributed by atoms with Crippen molar-refractivity contribution >= 4 is 35.1 Å². The summed E-state index contributed by atoms with van der Waals surface area (Å²) in [5.74, 6) is -1.38. The van der Waals surface area contributed by atoms with Crippen LogP contribution < -0.4 is 16.0 Å². The van der Waals surface area contributed by atoms with Crippen LogP contribution in [0.15, 0.2) is 48.5 Å². The highest BCUT2D eigenvalue weighted by molar-refractivity contribution is 6.04. The van der Waals surface area contributed by atoms with E-state index < -0.39 is 18.5 Å². The lowest BCUT2D eigenvalue weighted by molar-refractivity contribution is -0.119. The Bertz CT molecular complexity index is 1010. The van der Waals surface area contributed by atoms with Crippen molar-refractivity contribution in [3.63, 3.8) is 0 Å². The van der Waals surface area contributed by atoms with E-state index in [1.165, 1.54) is 12.1 Å². The van der Waals surface area contributed by atoms with Crippen LogP contribution in [0.1, 0.15) is 46.4 Å². The van der Waals surface area contributed by atoms with E-state index in [1.54, 1.807) is 36.4 Å². The third kappa shape index (κ3) is 5.69. The van der Waals surface area contributed by atoms with Gasteiger partial charge in [-0.05, 0) is 62.1 Å². The molecule has 0 radical (unpaired) electrons. The molecule has 0 bridgehead atoms. The smallest absolute Gasteiger partial charge is 0.338 e. The molecule has 2 aliphatic rings. The summed E-state index contributed by atoms with van der Waals surface area (Å²) in [7, 11) is 0. The Labute approximate surface area is 179 Å². The molecule has 2 aliphatic carbocycles. The molecule has 0 spiro atoms. The normalized spacial score (nSPS) is 15.0. The number of carbonyl (C=O) groups excluding carboxylic acids is 4. The van der Waals surface area contributed by atoms with Gasteiger partial charge in [0.25, 0.3) is 11.8 Å². The minimum Gasteiger partial charge on any atom is -0.452 e. The maximum absolute atomic E-state index is 12.3. The lowest BCUT2D eigenvalue weighted by Crippen LogP contribution is -2.28. The molecule has 4 rings (SSSR count). The molecule has 0 aromatic heterocycles. The predicted octanol–water partition coefficient (Wildman–Crippen LogP) is 2.72. The molecule has 0 unspecified atom stereocenters. The number of rotatable bonds is 8. The number of anilines is 2. The zero-order valence-electron chi connectivity index (χ0n) is 16.9. The predicted molar refractivity (Wildman–Crippen MR) is 114 cm³/mol. The van der Waals surface area contributed by atoms with E-state index in [0.717, 1.165) is 25.7 Å². The topological polar surface area (TPSA) is 114 Å². The molecule has 0 heterocycles. The first-order chi connectivity index (χ1) is 15.0. The van der Waals surface area contributed by atoms with E-state index >= 15 is 0 Å². The molecule has 2 aromatic rings. The van der Waals surface area contributed by atoms with Crippen molar-refractivity contribution in [1.29, 1.82) is 0 Å². The van der Waals surface area contributed by atoms with Gasteiger partial charge in [-0.2, -0.15) is 0 Å². The van der Waals surface area contributed by atoms with Crippen LogP contribution in [0.3, 0.4) is 0 Å². The number of carbonyl (C=O) groups is 4. The highest BCUT2D eigenvalue weighted by Crippen LogP contribution is 2.30. The Morgan fingerprint density at radius 2 is 1.58 bits per heavy atom. The number of amides is 3. The second-order valence-corrected chi connectivity index (χ2v) is 7.76. The summed E-state index contributed by atoms with van der Waals surface area (Å²) in [4.78, 5) is 48.5. The second-order valence-electron chi connectivity index (χ2n) is 7.76. The van der Waals surface area contributed by atoms with Crippen molar-refractivity contribution in [3.8, 4) is 0 Å². The number of esters is 1. The van der Waals surface area contributed by atoms with E-state index in [4.69, 9.17) is 4.74 Å². The summed E-state index contributed by atoms with van der Waals surface area (Å²) in [6.07, 6.45) is 3.75. The minimum absolute atomic E-state index is 0.0157. The number of ether oxygens (including phenoxy) is 1. The van der Waals surface area contributed by atoms with Crippen LogP contribution in [-0.4, -0.2) is 36.3 Å². The average molecular weight is 421 g/mol. The molecule has 2 aromatic carbocycles. The third-order valence-corrected chi connectivity index (χ3v) is 5.03. The summed E-state index contributed by atoms with van der Waals surface area (Å²) >= 11 is 0. The van der Waals surface area contributed by atoms with Crippen LogP contribution in [0.5, 0.6) is 0 Å². The number of benzene rings is 2. The Hall–Kier alpha value is -3.68. The highest BCUT2D eigenvalue weighted by Gasteiger charge is 2.29. The molecule has 8 heteroatoms. The fourth-order valence-electron chi connectivity index (χ4n) is 2.96. The summed E-state index contributed by atoms with van der Waals surface area (Å²) in [5, 5.41) is 8.28. The van der Waals surface area contributed by atoms with Gasteiger partial charge < -0.3 is 20.7 Å². The van der Waals surface area contributed by atoms with Crippen molar-refractivity contribution in [2.45, 2.75) is 31.7 Å². The van der Waals surface area contributed by atoms with Gasteiger partial charge in [0, 0.05) is 17.6 Å². The molecular formula is C23H23N3O5. The fourth-order valence-corrected chi connectivity index (χ4v) is 2.96. The van der Waals surface area contributed by atoms with E-state index in [9.17, 15) is 19.2 Å². The lowest BCUT2D eigenvalue weighted by Gasteiger charge is -2.11. The molecule has 8 nitrogen and oxygen atoms in total. The molecule has 0 atom stereocenters. The first kappa shape index (κ1) is 20.6. The average Bonchev–Trinajstić information content (AvgIpc) is 3.67. The summed E-state index contributed by atoms with van der Waals surface area (Å²) in [6.45, 7) is -0.489. The molecule has 3 amide bonds. The number of hydrogen-bond acceptors (Lipinski definition) is 5. The first-order valence-electron chi connectivity index (χ1n) is 10.3. The fraction of sp³-hybridized carbons (Fsp3) is 0.304. The Morgan fingerprint density at radius 1 is 0.871 bits per heavy atom. The highest BCUT2D eigenvalue weighted by atomic mass is 16.5. The second kappa shape index (κ2) is 8.99.